The lowest BCUT2D eigenvalue weighted by Gasteiger charge is -2.05. The Bertz CT molecular complexity index is 811. The van der Waals surface area contributed by atoms with E-state index in [-0.39, 0.29) is 5.82 Å². The summed E-state index contributed by atoms with van der Waals surface area (Å²) >= 11 is 0. The number of fused-ring (bicyclic) bond motifs is 1. The molecule has 0 fully saturated rings. The third-order valence-electron chi connectivity index (χ3n) is 3.29. The minimum atomic E-state index is -0.393. The normalized spacial score (nSPS) is 10.8. The van der Waals surface area contributed by atoms with Crippen LogP contribution in [0.4, 0.5) is 4.39 Å². The van der Waals surface area contributed by atoms with E-state index in [9.17, 15) is 9.18 Å². The number of ether oxygens (including phenoxy) is 1. The van der Waals surface area contributed by atoms with Crippen molar-refractivity contribution in [1.29, 1.82) is 0 Å². The van der Waals surface area contributed by atoms with Gasteiger partial charge in [-0.05, 0) is 29.8 Å². The molecule has 0 spiro atoms. The van der Waals surface area contributed by atoms with Crippen LogP contribution >= 0.6 is 0 Å². The molecule has 2 aromatic carbocycles. The molecule has 0 aliphatic rings. The average molecular weight is 284 g/mol. The van der Waals surface area contributed by atoms with E-state index in [1.54, 1.807) is 29.1 Å². The molecule has 0 unspecified atom stereocenters. The summed E-state index contributed by atoms with van der Waals surface area (Å²) in [6.45, 7) is 0.436. The Kier molecular flexibility index (Phi) is 3.39. The van der Waals surface area contributed by atoms with Crippen molar-refractivity contribution in [1.82, 2.24) is 9.78 Å². The van der Waals surface area contributed by atoms with Crippen molar-refractivity contribution in [2.24, 2.45) is 0 Å². The van der Waals surface area contributed by atoms with Crippen molar-refractivity contribution in [3.05, 3.63) is 65.6 Å². The van der Waals surface area contributed by atoms with Gasteiger partial charge in [0.05, 0.1) is 30.9 Å². The Labute approximate surface area is 120 Å². The number of aromatic nitrogens is 2. The molecule has 0 aliphatic heterocycles. The van der Waals surface area contributed by atoms with E-state index < -0.39 is 5.97 Å². The van der Waals surface area contributed by atoms with Gasteiger partial charge < -0.3 is 4.74 Å². The number of carbonyl (C=O) groups is 1. The van der Waals surface area contributed by atoms with Gasteiger partial charge in [0, 0.05) is 5.39 Å². The van der Waals surface area contributed by atoms with Gasteiger partial charge in [0.25, 0.3) is 0 Å². The maximum Gasteiger partial charge on any atom is 0.337 e. The SMILES string of the molecule is COC(=O)c1ccc2cnn(Cc3cccc(F)c3)c2c1. The Balaban J connectivity index is 2.00. The predicted octanol–water partition coefficient (Wildman–Crippen LogP) is 3.01. The van der Waals surface area contributed by atoms with Crippen LogP contribution in [-0.4, -0.2) is 22.9 Å². The summed E-state index contributed by atoms with van der Waals surface area (Å²) in [5.41, 5.74) is 2.08. The zero-order chi connectivity index (χ0) is 14.8. The van der Waals surface area contributed by atoms with E-state index in [4.69, 9.17) is 4.74 Å². The molecule has 5 heteroatoms. The Morgan fingerprint density at radius 1 is 1.29 bits per heavy atom. The number of hydrogen-bond acceptors (Lipinski definition) is 3. The first-order chi connectivity index (χ1) is 10.2. The summed E-state index contributed by atoms with van der Waals surface area (Å²) in [6.07, 6.45) is 1.72. The molecule has 0 amide bonds. The Morgan fingerprint density at radius 2 is 2.14 bits per heavy atom. The van der Waals surface area contributed by atoms with Crippen molar-refractivity contribution in [3.8, 4) is 0 Å². The fourth-order valence-electron chi connectivity index (χ4n) is 2.25. The van der Waals surface area contributed by atoms with Crippen molar-refractivity contribution in [2.45, 2.75) is 6.54 Å². The molecule has 0 saturated heterocycles. The Hall–Kier alpha value is -2.69. The minimum absolute atomic E-state index is 0.279. The van der Waals surface area contributed by atoms with Gasteiger partial charge in [-0.25, -0.2) is 9.18 Å². The molecular formula is C16H13FN2O2. The van der Waals surface area contributed by atoms with E-state index in [2.05, 4.69) is 5.10 Å². The molecule has 21 heavy (non-hydrogen) atoms. The third-order valence-corrected chi connectivity index (χ3v) is 3.29. The summed E-state index contributed by atoms with van der Waals surface area (Å²) in [5.74, 6) is -0.672. The van der Waals surface area contributed by atoms with Gasteiger partial charge in [0.15, 0.2) is 0 Å². The lowest BCUT2D eigenvalue weighted by atomic mass is 10.1. The summed E-state index contributed by atoms with van der Waals surface area (Å²) in [7, 11) is 1.34. The Morgan fingerprint density at radius 3 is 2.90 bits per heavy atom. The molecule has 0 bridgehead atoms. The monoisotopic (exact) mass is 284 g/mol. The molecule has 0 radical (unpaired) electrons. The number of halogens is 1. The first-order valence-corrected chi connectivity index (χ1v) is 6.46. The molecular weight excluding hydrogens is 271 g/mol. The highest BCUT2D eigenvalue weighted by atomic mass is 19.1. The van der Waals surface area contributed by atoms with Crippen molar-refractivity contribution < 1.29 is 13.9 Å². The molecule has 106 valence electrons. The van der Waals surface area contributed by atoms with Gasteiger partial charge >= 0.3 is 5.97 Å². The standard InChI is InChI=1S/C16H13FN2O2/c1-21-16(20)12-5-6-13-9-18-19(15(13)8-12)10-11-3-2-4-14(17)7-11/h2-9H,10H2,1H3. The van der Waals surface area contributed by atoms with Crippen LogP contribution in [-0.2, 0) is 11.3 Å². The fraction of sp³-hybridized carbons (Fsp3) is 0.125. The van der Waals surface area contributed by atoms with Crippen LogP contribution in [0.1, 0.15) is 15.9 Å². The van der Waals surface area contributed by atoms with Crippen LogP contribution < -0.4 is 0 Å². The number of carbonyl (C=O) groups excluding carboxylic acids is 1. The number of rotatable bonds is 3. The average Bonchev–Trinajstić information content (AvgIpc) is 2.89. The van der Waals surface area contributed by atoms with E-state index in [1.807, 2.05) is 12.1 Å². The van der Waals surface area contributed by atoms with E-state index >= 15 is 0 Å². The first-order valence-electron chi connectivity index (χ1n) is 6.46. The summed E-state index contributed by atoms with van der Waals surface area (Å²) in [4.78, 5) is 11.6. The quantitative estimate of drug-likeness (QED) is 0.694. The maximum absolute atomic E-state index is 13.2. The highest BCUT2D eigenvalue weighted by Crippen LogP contribution is 2.18. The molecule has 0 saturated carbocycles. The highest BCUT2D eigenvalue weighted by Gasteiger charge is 2.09. The molecule has 0 atom stereocenters. The minimum Gasteiger partial charge on any atom is -0.465 e. The van der Waals surface area contributed by atoms with Crippen LogP contribution in [0, 0.1) is 5.82 Å². The maximum atomic E-state index is 13.2. The van der Waals surface area contributed by atoms with Crippen LogP contribution in [0.15, 0.2) is 48.7 Å². The lowest BCUT2D eigenvalue weighted by Crippen LogP contribution is -2.04. The summed E-state index contributed by atoms with van der Waals surface area (Å²) in [6, 6.07) is 11.6. The van der Waals surface area contributed by atoms with Crippen LogP contribution in [0.25, 0.3) is 10.9 Å². The second-order valence-electron chi connectivity index (χ2n) is 4.70. The fourth-order valence-corrected chi connectivity index (χ4v) is 2.25. The van der Waals surface area contributed by atoms with Crippen LogP contribution in [0.5, 0.6) is 0 Å². The molecule has 0 N–H and O–H groups in total. The van der Waals surface area contributed by atoms with E-state index in [0.717, 1.165) is 16.5 Å². The molecule has 1 aromatic heterocycles. The lowest BCUT2D eigenvalue weighted by molar-refractivity contribution is 0.0601. The smallest absolute Gasteiger partial charge is 0.337 e. The van der Waals surface area contributed by atoms with Gasteiger partial charge in [-0.1, -0.05) is 18.2 Å². The van der Waals surface area contributed by atoms with Gasteiger partial charge in [-0.3, -0.25) is 4.68 Å². The van der Waals surface area contributed by atoms with Crippen LogP contribution in [0.2, 0.25) is 0 Å². The zero-order valence-corrected chi connectivity index (χ0v) is 11.4. The van der Waals surface area contributed by atoms with Gasteiger partial charge in [-0.2, -0.15) is 5.10 Å². The molecule has 3 rings (SSSR count). The first kappa shape index (κ1) is 13.3. The molecule has 4 nitrogen and oxygen atoms in total. The van der Waals surface area contributed by atoms with Crippen molar-refractivity contribution in [3.63, 3.8) is 0 Å². The number of benzene rings is 2. The number of hydrogen-bond donors (Lipinski definition) is 0. The van der Waals surface area contributed by atoms with Crippen molar-refractivity contribution in [2.75, 3.05) is 7.11 Å². The molecule has 3 aromatic rings. The largest absolute Gasteiger partial charge is 0.465 e. The summed E-state index contributed by atoms with van der Waals surface area (Å²) < 4.78 is 19.7. The second-order valence-corrected chi connectivity index (χ2v) is 4.70. The van der Waals surface area contributed by atoms with Crippen molar-refractivity contribution >= 4 is 16.9 Å². The zero-order valence-electron chi connectivity index (χ0n) is 11.4. The number of nitrogens with zero attached hydrogens (tertiary/aromatic N) is 2. The molecule has 1 heterocycles. The van der Waals surface area contributed by atoms with E-state index in [0.29, 0.717) is 12.1 Å². The summed E-state index contributed by atoms with van der Waals surface area (Å²) in [5, 5.41) is 5.20. The highest BCUT2D eigenvalue weighted by molar-refractivity contribution is 5.94. The van der Waals surface area contributed by atoms with Gasteiger partial charge in [0.2, 0.25) is 0 Å². The van der Waals surface area contributed by atoms with E-state index in [1.165, 1.54) is 19.2 Å². The second kappa shape index (κ2) is 5.36. The van der Waals surface area contributed by atoms with Gasteiger partial charge in [-0.15, -0.1) is 0 Å². The topological polar surface area (TPSA) is 44.1 Å². The number of methoxy groups -OCH3 is 1. The van der Waals surface area contributed by atoms with Crippen LogP contribution in [0.3, 0.4) is 0 Å². The number of esters is 1. The predicted molar refractivity (Wildman–Crippen MR) is 76.6 cm³/mol. The third kappa shape index (κ3) is 2.63. The molecule has 0 aliphatic carbocycles. The van der Waals surface area contributed by atoms with Gasteiger partial charge in [0.1, 0.15) is 5.82 Å².